The minimum absolute atomic E-state index is 0.184. The molecule has 0 spiro atoms. The quantitative estimate of drug-likeness (QED) is 0.487. The van der Waals surface area contributed by atoms with Gasteiger partial charge in [-0.3, -0.25) is 4.79 Å². The van der Waals surface area contributed by atoms with Gasteiger partial charge in [-0.15, -0.1) is 0 Å². The van der Waals surface area contributed by atoms with Crippen molar-refractivity contribution in [3.8, 4) is 17.6 Å². The summed E-state index contributed by atoms with van der Waals surface area (Å²) in [7, 11) is 1.57. The maximum absolute atomic E-state index is 11.1. The van der Waals surface area contributed by atoms with Crippen LogP contribution < -0.4 is 4.74 Å². The summed E-state index contributed by atoms with van der Waals surface area (Å²) in [6.07, 6.45) is -2.47. The molecule has 138 valence electrons. The Hall–Kier alpha value is -2.07. The number of carbonyl (C=O) groups excluding carboxylic acids is 1. The van der Waals surface area contributed by atoms with Crippen LogP contribution >= 0.6 is 0 Å². The lowest BCUT2D eigenvalue weighted by Gasteiger charge is -2.16. The fourth-order valence-electron chi connectivity index (χ4n) is 2.14. The van der Waals surface area contributed by atoms with Crippen LogP contribution in [0, 0.1) is 11.8 Å². The Bertz CT molecular complexity index is 584. The Morgan fingerprint density at radius 1 is 1.16 bits per heavy atom. The highest BCUT2D eigenvalue weighted by molar-refractivity contribution is 5.66. The van der Waals surface area contributed by atoms with Crippen molar-refractivity contribution < 1.29 is 29.6 Å². The zero-order valence-electron chi connectivity index (χ0n) is 14.8. The van der Waals surface area contributed by atoms with E-state index in [2.05, 4.69) is 11.8 Å². The van der Waals surface area contributed by atoms with Gasteiger partial charge in [0, 0.05) is 13.3 Å². The standard InChI is InChI=1S/C19H26O6/c1-13(20)18(22)12-11-17(25-14(2)21)5-4-6-19(23)15-7-9-16(24-3)10-8-15/h7-10,13,17-20,22-23H,6,11-12H2,1-3H3/t13?,17?,18-,19?/m0/s1. The minimum atomic E-state index is -0.898. The second kappa shape index (κ2) is 10.7. The van der Waals surface area contributed by atoms with Gasteiger partial charge in [0.15, 0.2) is 6.10 Å². The predicted molar refractivity (Wildman–Crippen MR) is 92.8 cm³/mol. The number of aliphatic hydroxyl groups is 3. The number of esters is 1. The second-order valence-corrected chi connectivity index (χ2v) is 5.80. The van der Waals surface area contributed by atoms with Crippen molar-refractivity contribution in [2.75, 3.05) is 7.11 Å². The summed E-state index contributed by atoms with van der Waals surface area (Å²) in [4.78, 5) is 11.1. The third-order valence-electron chi connectivity index (χ3n) is 3.65. The third kappa shape index (κ3) is 8.03. The molecule has 0 heterocycles. The van der Waals surface area contributed by atoms with E-state index in [1.165, 1.54) is 13.8 Å². The van der Waals surface area contributed by atoms with E-state index in [1.54, 1.807) is 31.4 Å². The van der Waals surface area contributed by atoms with Gasteiger partial charge in [0.05, 0.1) is 25.4 Å². The number of methoxy groups -OCH3 is 1. The Labute approximate surface area is 148 Å². The Morgan fingerprint density at radius 3 is 2.32 bits per heavy atom. The Kier molecular flexibility index (Phi) is 9.00. The molecule has 3 unspecified atom stereocenters. The van der Waals surface area contributed by atoms with Gasteiger partial charge in [0.25, 0.3) is 0 Å². The second-order valence-electron chi connectivity index (χ2n) is 5.80. The maximum Gasteiger partial charge on any atom is 0.303 e. The summed E-state index contributed by atoms with van der Waals surface area (Å²) in [5.74, 6) is 5.85. The molecular weight excluding hydrogens is 324 g/mol. The lowest BCUT2D eigenvalue weighted by molar-refractivity contribution is -0.144. The number of ether oxygens (including phenoxy) is 2. The van der Waals surface area contributed by atoms with Gasteiger partial charge < -0.3 is 24.8 Å². The van der Waals surface area contributed by atoms with Crippen molar-refractivity contribution in [3.63, 3.8) is 0 Å². The van der Waals surface area contributed by atoms with Gasteiger partial charge in [0.1, 0.15) is 5.75 Å². The zero-order chi connectivity index (χ0) is 18.8. The molecule has 6 heteroatoms. The molecule has 1 aromatic carbocycles. The number of hydrogen-bond donors (Lipinski definition) is 3. The van der Waals surface area contributed by atoms with Crippen LogP contribution in [0.15, 0.2) is 24.3 Å². The van der Waals surface area contributed by atoms with Crippen LogP contribution in [0.2, 0.25) is 0 Å². The van der Waals surface area contributed by atoms with Crippen molar-refractivity contribution >= 4 is 5.97 Å². The van der Waals surface area contributed by atoms with Crippen molar-refractivity contribution in [1.82, 2.24) is 0 Å². The molecule has 0 aliphatic carbocycles. The fraction of sp³-hybridized carbons (Fsp3) is 0.526. The molecule has 0 saturated heterocycles. The lowest BCUT2D eigenvalue weighted by Crippen LogP contribution is -2.25. The summed E-state index contributed by atoms with van der Waals surface area (Å²) in [6, 6.07) is 7.03. The van der Waals surface area contributed by atoms with Crippen molar-refractivity contribution in [3.05, 3.63) is 29.8 Å². The van der Waals surface area contributed by atoms with Gasteiger partial charge in [-0.1, -0.05) is 24.0 Å². The van der Waals surface area contributed by atoms with Crippen LogP contribution in [0.5, 0.6) is 5.75 Å². The van der Waals surface area contributed by atoms with Crippen molar-refractivity contribution in [1.29, 1.82) is 0 Å². The molecule has 1 rings (SSSR count). The van der Waals surface area contributed by atoms with Gasteiger partial charge in [0.2, 0.25) is 0 Å². The first-order valence-electron chi connectivity index (χ1n) is 8.17. The average Bonchev–Trinajstić information content (AvgIpc) is 2.58. The molecule has 6 nitrogen and oxygen atoms in total. The van der Waals surface area contributed by atoms with Crippen molar-refractivity contribution in [2.45, 2.75) is 57.5 Å². The first-order chi connectivity index (χ1) is 11.8. The summed E-state index contributed by atoms with van der Waals surface area (Å²) in [5, 5.41) is 29.1. The van der Waals surface area contributed by atoms with Crippen LogP contribution in [-0.2, 0) is 9.53 Å². The van der Waals surface area contributed by atoms with Crippen LogP contribution in [0.4, 0.5) is 0 Å². The SMILES string of the molecule is COc1ccc(C(O)CC#CC(CC[C@H](O)C(C)O)OC(C)=O)cc1. The third-order valence-corrected chi connectivity index (χ3v) is 3.65. The molecule has 0 aromatic heterocycles. The highest BCUT2D eigenvalue weighted by Gasteiger charge is 2.16. The molecule has 0 radical (unpaired) electrons. The molecular formula is C19H26O6. The van der Waals surface area contributed by atoms with E-state index in [9.17, 15) is 20.1 Å². The normalized spacial score (nSPS) is 15.3. The first kappa shape index (κ1) is 21.0. The van der Waals surface area contributed by atoms with Crippen molar-refractivity contribution in [2.24, 2.45) is 0 Å². The van der Waals surface area contributed by atoms with Gasteiger partial charge in [-0.05, 0) is 37.5 Å². The molecule has 0 bridgehead atoms. The van der Waals surface area contributed by atoms with E-state index in [-0.39, 0.29) is 12.8 Å². The Balaban J connectivity index is 2.62. The zero-order valence-corrected chi connectivity index (χ0v) is 14.8. The van der Waals surface area contributed by atoms with Gasteiger partial charge in [-0.2, -0.15) is 0 Å². The molecule has 4 atom stereocenters. The molecule has 1 aromatic rings. The fourth-order valence-corrected chi connectivity index (χ4v) is 2.14. The molecule has 0 saturated carbocycles. The topological polar surface area (TPSA) is 96.2 Å². The molecule has 0 aliphatic heterocycles. The molecule has 25 heavy (non-hydrogen) atoms. The largest absolute Gasteiger partial charge is 0.497 e. The minimum Gasteiger partial charge on any atom is -0.497 e. The van der Waals surface area contributed by atoms with E-state index >= 15 is 0 Å². The predicted octanol–water partition coefficient (Wildman–Crippen LogP) is 1.58. The van der Waals surface area contributed by atoms with Gasteiger partial charge in [-0.25, -0.2) is 0 Å². The maximum atomic E-state index is 11.1. The smallest absolute Gasteiger partial charge is 0.303 e. The highest BCUT2D eigenvalue weighted by Crippen LogP contribution is 2.19. The lowest BCUT2D eigenvalue weighted by atomic mass is 10.0. The molecule has 3 N–H and O–H groups in total. The molecule has 0 amide bonds. The summed E-state index contributed by atoms with van der Waals surface area (Å²) in [5.41, 5.74) is 0.712. The summed E-state index contributed by atoms with van der Waals surface area (Å²) in [6.45, 7) is 2.77. The summed E-state index contributed by atoms with van der Waals surface area (Å²) >= 11 is 0. The molecule has 0 aliphatic rings. The number of hydrogen-bond acceptors (Lipinski definition) is 6. The van der Waals surface area contributed by atoms with E-state index < -0.39 is 30.4 Å². The van der Waals surface area contributed by atoms with E-state index in [0.717, 1.165) is 0 Å². The first-order valence-corrected chi connectivity index (χ1v) is 8.17. The number of benzene rings is 1. The van der Waals surface area contributed by atoms with E-state index in [0.29, 0.717) is 17.7 Å². The molecule has 0 fully saturated rings. The van der Waals surface area contributed by atoms with E-state index in [1.807, 2.05) is 0 Å². The van der Waals surface area contributed by atoms with Crippen LogP contribution in [0.1, 0.15) is 44.8 Å². The van der Waals surface area contributed by atoms with Crippen LogP contribution in [0.25, 0.3) is 0 Å². The Morgan fingerprint density at radius 2 is 1.80 bits per heavy atom. The number of carbonyl (C=O) groups is 1. The van der Waals surface area contributed by atoms with Crippen LogP contribution in [0.3, 0.4) is 0 Å². The van der Waals surface area contributed by atoms with Gasteiger partial charge >= 0.3 is 5.97 Å². The monoisotopic (exact) mass is 350 g/mol. The highest BCUT2D eigenvalue weighted by atomic mass is 16.5. The van der Waals surface area contributed by atoms with Crippen LogP contribution in [-0.4, -0.2) is 46.7 Å². The summed E-state index contributed by atoms with van der Waals surface area (Å²) < 4.78 is 10.2. The average molecular weight is 350 g/mol. The van der Waals surface area contributed by atoms with E-state index in [4.69, 9.17) is 9.47 Å². The number of rotatable bonds is 8. The number of aliphatic hydroxyl groups excluding tert-OH is 3.